The second-order valence-corrected chi connectivity index (χ2v) is 3.80. The van der Waals surface area contributed by atoms with Crippen LogP contribution in [-0.4, -0.2) is 11.5 Å². The number of pyridine rings is 1. The Hall–Kier alpha value is -0.960. The predicted octanol–water partition coefficient (Wildman–Crippen LogP) is 2.39. The fraction of sp³-hybridized carbons (Fsp3) is 0.444. The van der Waals surface area contributed by atoms with E-state index in [1.807, 2.05) is 0 Å². The molecule has 4 heteroatoms. The highest BCUT2D eigenvalue weighted by Gasteiger charge is 2.01. The summed E-state index contributed by atoms with van der Waals surface area (Å²) in [7, 11) is 0. The first-order chi connectivity index (χ1) is 6.09. The zero-order valence-corrected chi connectivity index (χ0v) is 8.60. The largest absolute Gasteiger partial charge is 0.396 e. The molecule has 0 aliphatic carbocycles. The molecule has 0 unspecified atom stereocenters. The highest BCUT2D eigenvalue weighted by Crippen LogP contribution is 2.19. The summed E-state index contributed by atoms with van der Waals surface area (Å²) in [5.74, 6) is 1.27. The van der Waals surface area contributed by atoms with Crippen molar-refractivity contribution < 1.29 is 0 Å². The molecule has 0 aliphatic rings. The van der Waals surface area contributed by atoms with Crippen LogP contribution in [-0.2, 0) is 0 Å². The monoisotopic (exact) mass is 199 g/mol. The number of hydrogen-bond acceptors (Lipinski definition) is 3. The molecule has 0 fully saturated rings. The van der Waals surface area contributed by atoms with E-state index in [2.05, 4.69) is 24.1 Å². The number of nitrogens with one attached hydrogen (secondary N) is 1. The van der Waals surface area contributed by atoms with Crippen LogP contribution in [0.1, 0.15) is 13.8 Å². The molecular weight excluding hydrogens is 186 g/mol. The lowest BCUT2D eigenvalue weighted by Crippen LogP contribution is -2.10. The summed E-state index contributed by atoms with van der Waals surface area (Å²) in [5.41, 5.74) is 6.29. The van der Waals surface area contributed by atoms with Crippen molar-refractivity contribution in [3.63, 3.8) is 0 Å². The van der Waals surface area contributed by atoms with Gasteiger partial charge in [-0.2, -0.15) is 0 Å². The first-order valence-electron chi connectivity index (χ1n) is 4.24. The summed E-state index contributed by atoms with van der Waals surface area (Å²) in [6.07, 6.45) is 1.58. The summed E-state index contributed by atoms with van der Waals surface area (Å²) in [6, 6.07) is 1.69. The standard InChI is InChI=1S/C9H14ClN3/c1-6(2)4-12-9-8(11)3-7(10)5-13-9/h3,5-6H,4,11H2,1-2H3,(H,12,13). The fourth-order valence-electron chi connectivity index (χ4n) is 0.903. The molecule has 0 aliphatic heterocycles. The Morgan fingerprint density at radius 1 is 1.62 bits per heavy atom. The van der Waals surface area contributed by atoms with Crippen molar-refractivity contribution >= 4 is 23.1 Å². The number of nitrogens with zero attached hydrogens (tertiary/aromatic N) is 1. The molecule has 1 aromatic rings. The smallest absolute Gasteiger partial charge is 0.149 e. The van der Waals surface area contributed by atoms with Gasteiger partial charge in [-0.15, -0.1) is 0 Å². The highest BCUT2D eigenvalue weighted by molar-refractivity contribution is 6.30. The maximum absolute atomic E-state index is 5.71. The van der Waals surface area contributed by atoms with Crippen LogP contribution < -0.4 is 11.1 Å². The number of nitrogen functional groups attached to an aromatic ring is 1. The number of nitrogens with two attached hydrogens (primary N) is 1. The van der Waals surface area contributed by atoms with Gasteiger partial charge >= 0.3 is 0 Å². The van der Waals surface area contributed by atoms with E-state index in [4.69, 9.17) is 17.3 Å². The maximum atomic E-state index is 5.71. The van der Waals surface area contributed by atoms with Crippen molar-refractivity contribution in [1.82, 2.24) is 4.98 Å². The van der Waals surface area contributed by atoms with Crippen LogP contribution in [0.4, 0.5) is 11.5 Å². The summed E-state index contributed by atoms with van der Waals surface area (Å²) >= 11 is 5.71. The zero-order valence-electron chi connectivity index (χ0n) is 7.84. The third kappa shape index (κ3) is 3.11. The van der Waals surface area contributed by atoms with Gasteiger partial charge in [0, 0.05) is 12.7 Å². The molecule has 0 amide bonds. The lowest BCUT2D eigenvalue weighted by Gasteiger charge is -2.09. The molecule has 1 aromatic heterocycles. The average molecular weight is 200 g/mol. The minimum atomic E-state index is 0.563. The van der Waals surface area contributed by atoms with Crippen LogP contribution in [0.15, 0.2) is 12.3 Å². The van der Waals surface area contributed by atoms with Crippen LogP contribution in [0.25, 0.3) is 0 Å². The Kier molecular flexibility index (Phi) is 3.37. The van der Waals surface area contributed by atoms with Crippen molar-refractivity contribution in [2.45, 2.75) is 13.8 Å². The van der Waals surface area contributed by atoms with Crippen molar-refractivity contribution in [3.8, 4) is 0 Å². The number of hydrogen-bond donors (Lipinski definition) is 2. The summed E-state index contributed by atoms with van der Waals surface area (Å²) in [4.78, 5) is 4.08. The topological polar surface area (TPSA) is 50.9 Å². The Balaban J connectivity index is 2.67. The van der Waals surface area contributed by atoms with Crippen molar-refractivity contribution in [1.29, 1.82) is 0 Å². The molecule has 0 saturated heterocycles. The Morgan fingerprint density at radius 3 is 2.85 bits per heavy atom. The molecule has 0 saturated carbocycles. The third-order valence-corrected chi connectivity index (χ3v) is 1.77. The zero-order chi connectivity index (χ0) is 9.84. The number of anilines is 2. The SMILES string of the molecule is CC(C)CNc1ncc(Cl)cc1N. The summed E-state index contributed by atoms with van der Waals surface area (Å²) < 4.78 is 0. The van der Waals surface area contributed by atoms with E-state index in [9.17, 15) is 0 Å². The van der Waals surface area contributed by atoms with Crippen molar-refractivity contribution in [2.75, 3.05) is 17.6 Å². The molecule has 3 nitrogen and oxygen atoms in total. The lowest BCUT2D eigenvalue weighted by molar-refractivity contribution is 0.687. The van der Waals surface area contributed by atoms with E-state index < -0.39 is 0 Å². The molecule has 0 aromatic carbocycles. The molecule has 0 radical (unpaired) electrons. The predicted molar refractivity (Wildman–Crippen MR) is 57.0 cm³/mol. The van der Waals surface area contributed by atoms with Crippen molar-refractivity contribution in [2.24, 2.45) is 5.92 Å². The maximum Gasteiger partial charge on any atom is 0.149 e. The fourth-order valence-corrected chi connectivity index (χ4v) is 1.07. The van der Waals surface area contributed by atoms with Crippen LogP contribution >= 0.6 is 11.6 Å². The molecule has 1 heterocycles. The molecule has 0 bridgehead atoms. The normalized spacial score (nSPS) is 10.5. The van der Waals surface area contributed by atoms with Crippen LogP contribution in [0, 0.1) is 5.92 Å². The van der Waals surface area contributed by atoms with E-state index in [1.165, 1.54) is 0 Å². The van der Waals surface area contributed by atoms with Gasteiger partial charge in [0.05, 0.1) is 10.7 Å². The van der Waals surface area contributed by atoms with E-state index in [0.717, 1.165) is 6.54 Å². The Bertz CT molecular complexity index is 286. The molecule has 0 atom stereocenters. The van der Waals surface area contributed by atoms with Gasteiger partial charge < -0.3 is 11.1 Å². The van der Waals surface area contributed by atoms with E-state index in [1.54, 1.807) is 12.3 Å². The first-order valence-corrected chi connectivity index (χ1v) is 4.62. The molecule has 1 rings (SSSR count). The van der Waals surface area contributed by atoms with Gasteiger partial charge in [0.15, 0.2) is 0 Å². The number of halogens is 1. The second kappa shape index (κ2) is 4.33. The van der Waals surface area contributed by atoms with Gasteiger partial charge in [0.2, 0.25) is 0 Å². The Morgan fingerprint density at radius 2 is 2.31 bits per heavy atom. The second-order valence-electron chi connectivity index (χ2n) is 3.37. The average Bonchev–Trinajstić information content (AvgIpc) is 2.02. The van der Waals surface area contributed by atoms with Crippen LogP contribution in [0.5, 0.6) is 0 Å². The molecule has 3 N–H and O–H groups in total. The molecular formula is C9H14ClN3. The lowest BCUT2D eigenvalue weighted by atomic mass is 10.2. The molecule has 13 heavy (non-hydrogen) atoms. The number of rotatable bonds is 3. The molecule has 72 valence electrons. The summed E-state index contributed by atoms with van der Waals surface area (Å²) in [6.45, 7) is 5.11. The van der Waals surface area contributed by atoms with Gasteiger partial charge in [-0.1, -0.05) is 25.4 Å². The highest BCUT2D eigenvalue weighted by atomic mass is 35.5. The van der Waals surface area contributed by atoms with Gasteiger partial charge in [0.25, 0.3) is 0 Å². The third-order valence-electron chi connectivity index (χ3n) is 1.56. The quantitative estimate of drug-likeness (QED) is 0.786. The van der Waals surface area contributed by atoms with Gasteiger partial charge in [0.1, 0.15) is 5.82 Å². The van der Waals surface area contributed by atoms with Crippen LogP contribution in [0.3, 0.4) is 0 Å². The van der Waals surface area contributed by atoms with Gasteiger partial charge in [-0.05, 0) is 12.0 Å². The van der Waals surface area contributed by atoms with E-state index in [-0.39, 0.29) is 0 Å². The van der Waals surface area contributed by atoms with Crippen LogP contribution in [0.2, 0.25) is 5.02 Å². The van der Waals surface area contributed by atoms with E-state index in [0.29, 0.717) is 22.4 Å². The van der Waals surface area contributed by atoms with Gasteiger partial charge in [-0.25, -0.2) is 4.98 Å². The molecule has 0 spiro atoms. The summed E-state index contributed by atoms with van der Waals surface area (Å²) in [5, 5.41) is 3.71. The minimum Gasteiger partial charge on any atom is -0.396 e. The van der Waals surface area contributed by atoms with Gasteiger partial charge in [-0.3, -0.25) is 0 Å². The minimum absolute atomic E-state index is 0.563. The Labute approximate surface area is 83.3 Å². The van der Waals surface area contributed by atoms with Crippen molar-refractivity contribution in [3.05, 3.63) is 17.3 Å². The number of aromatic nitrogens is 1. The first kappa shape index (κ1) is 10.1. The van der Waals surface area contributed by atoms with E-state index >= 15 is 0 Å².